The van der Waals surface area contributed by atoms with Crippen LogP contribution in [0.5, 0.6) is 0 Å². The van der Waals surface area contributed by atoms with Crippen LogP contribution in [0.4, 0.5) is 0 Å². The van der Waals surface area contributed by atoms with E-state index in [1.165, 1.54) is 19.4 Å². The largest absolute Gasteiger partial charge is 0.481 e. The van der Waals surface area contributed by atoms with Gasteiger partial charge in [0.1, 0.15) is 42.8 Å². The first kappa shape index (κ1) is 50.4. The van der Waals surface area contributed by atoms with Gasteiger partial charge in [-0.3, -0.25) is 47.9 Å². The summed E-state index contributed by atoms with van der Waals surface area (Å²) in [5, 5.41) is 33.5. The molecular weight excluding hydrogens is 827 g/mol. The van der Waals surface area contributed by atoms with Gasteiger partial charge in [0.25, 0.3) is 0 Å². The Morgan fingerprint density at radius 3 is 2.03 bits per heavy atom. The number of nitrogens with zero attached hydrogens (tertiary/aromatic N) is 2. The van der Waals surface area contributed by atoms with E-state index in [9.17, 15) is 53.1 Å². The summed E-state index contributed by atoms with van der Waals surface area (Å²) in [5.74, 6) is -9.65. The Hall–Kier alpha value is -6.91. The second kappa shape index (κ2) is 24.5. The van der Waals surface area contributed by atoms with Crippen molar-refractivity contribution in [2.24, 2.45) is 17.4 Å². The molecule has 13 N–H and O–H groups in total. The number of H-pyrrole nitrogens is 1. The topological polar surface area (TPSA) is 367 Å². The molecule has 1 aliphatic rings. The molecule has 8 amide bonds. The van der Waals surface area contributed by atoms with E-state index in [-0.39, 0.29) is 51.0 Å². The molecule has 0 bridgehead atoms. The van der Waals surface area contributed by atoms with Gasteiger partial charge in [0.15, 0.2) is 0 Å². The normalized spacial score (nSPS) is 16.3. The minimum absolute atomic E-state index is 0.00354. The molecule has 1 saturated heterocycles. The van der Waals surface area contributed by atoms with Crippen molar-refractivity contribution in [2.45, 2.75) is 114 Å². The summed E-state index contributed by atoms with van der Waals surface area (Å²) in [6, 6.07) is -0.692. The Kier molecular flexibility index (Phi) is 19.6. The molecule has 23 nitrogen and oxygen atoms in total. The van der Waals surface area contributed by atoms with Gasteiger partial charge >= 0.3 is 11.9 Å². The Bertz CT molecular complexity index is 1950. The first-order valence-electron chi connectivity index (χ1n) is 20.3. The maximum atomic E-state index is 14.0. The monoisotopic (exact) mass is 883 g/mol. The molecule has 0 aliphatic carbocycles. The van der Waals surface area contributed by atoms with Crippen LogP contribution in [0.1, 0.15) is 70.6 Å². The number of primary amides is 1. The molecule has 1 aromatic carbocycles. The molecule has 7 atom stereocenters. The third kappa shape index (κ3) is 16.8. The van der Waals surface area contributed by atoms with Gasteiger partial charge in [0, 0.05) is 37.7 Å². The number of carbonyl (C=O) groups excluding carboxylic acids is 8. The summed E-state index contributed by atoms with van der Waals surface area (Å²) in [7, 11) is 0. The summed E-state index contributed by atoms with van der Waals surface area (Å²) >= 11 is 0. The lowest BCUT2D eigenvalue weighted by atomic mass is 10.0. The highest BCUT2D eigenvalue weighted by Crippen LogP contribution is 2.20. The first-order chi connectivity index (χ1) is 29.7. The molecule has 1 aliphatic heterocycles. The van der Waals surface area contributed by atoms with Crippen LogP contribution >= 0.6 is 0 Å². The fourth-order valence-corrected chi connectivity index (χ4v) is 6.70. The van der Waals surface area contributed by atoms with E-state index in [1.807, 2.05) is 0 Å². The number of aliphatic carboxylic acids is 2. The average molecular weight is 884 g/mol. The van der Waals surface area contributed by atoms with E-state index in [0.29, 0.717) is 17.7 Å². The van der Waals surface area contributed by atoms with Crippen LogP contribution in [0.25, 0.3) is 0 Å². The van der Waals surface area contributed by atoms with Crippen molar-refractivity contribution >= 4 is 59.2 Å². The minimum atomic E-state index is -1.72. The number of amides is 8. The SMILES string of the molecule is CC(C)C[C@H](NC(=O)[C@H](CCC(N)=O)NC(=O)[C@@H](N)Cc1cnc[nH]1)C(=O)N[C@@H](CC(=O)O)C(=O)N1CCC[C@H]1C(=O)N[C@@H](C)C(=O)N[C@@H](Cc1ccccc1)C(=O)NCC(=O)O. The highest BCUT2D eigenvalue weighted by molar-refractivity contribution is 5.98. The number of hydrogen-bond donors (Lipinski definition) is 11. The number of nitrogens with two attached hydrogens (primary N) is 2. The Morgan fingerprint density at radius 2 is 1.43 bits per heavy atom. The van der Waals surface area contributed by atoms with Crippen LogP contribution < -0.4 is 43.4 Å². The molecule has 0 saturated carbocycles. The highest BCUT2D eigenvalue weighted by Gasteiger charge is 2.40. The molecular formula is C40H57N11O12. The highest BCUT2D eigenvalue weighted by atomic mass is 16.4. The lowest BCUT2D eigenvalue weighted by Gasteiger charge is -2.30. The van der Waals surface area contributed by atoms with Crippen molar-refractivity contribution in [1.82, 2.24) is 46.8 Å². The van der Waals surface area contributed by atoms with Crippen LogP contribution in [0.15, 0.2) is 42.9 Å². The van der Waals surface area contributed by atoms with Crippen molar-refractivity contribution in [3.63, 3.8) is 0 Å². The van der Waals surface area contributed by atoms with E-state index < -0.39 is 114 Å². The third-order valence-corrected chi connectivity index (χ3v) is 9.90. The maximum absolute atomic E-state index is 14.0. The average Bonchev–Trinajstić information content (AvgIpc) is 3.93. The van der Waals surface area contributed by atoms with Crippen molar-refractivity contribution in [3.8, 4) is 0 Å². The number of imidazole rings is 1. The molecule has 344 valence electrons. The quantitative estimate of drug-likeness (QED) is 0.0472. The maximum Gasteiger partial charge on any atom is 0.322 e. The van der Waals surface area contributed by atoms with E-state index in [2.05, 4.69) is 41.9 Å². The first-order valence-corrected chi connectivity index (χ1v) is 20.3. The number of carbonyl (C=O) groups is 10. The van der Waals surface area contributed by atoms with Crippen molar-refractivity contribution in [2.75, 3.05) is 13.1 Å². The fourth-order valence-electron chi connectivity index (χ4n) is 6.70. The van der Waals surface area contributed by atoms with Crippen LogP contribution in [0, 0.1) is 5.92 Å². The summed E-state index contributed by atoms with van der Waals surface area (Å²) in [6.07, 6.45) is 1.81. The number of aromatic nitrogens is 2. The summed E-state index contributed by atoms with van der Waals surface area (Å²) in [6.45, 7) is 4.09. The van der Waals surface area contributed by atoms with Gasteiger partial charge in [-0.05, 0) is 44.1 Å². The lowest BCUT2D eigenvalue weighted by molar-refractivity contribution is -0.146. The molecule has 63 heavy (non-hydrogen) atoms. The predicted molar refractivity (Wildman–Crippen MR) is 221 cm³/mol. The van der Waals surface area contributed by atoms with Crippen LogP contribution in [0.2, 0.25) is 0 Å². The van der Waals surface area contributed by atoms with Crippen LogP contribution in [0.3, 0.4) is 0 Å². The summed E-state index contributed by atoms with van der Waals surface area (Å²) in [5.41, 5.74) is 12.5. The van der Waals surface area contributed by atoms with Crippen molar-refractivity contribution < 1.29 is 58.2 Å². The zero-order valence-corrected chi connectivity index (χ0v) is 35.3. The van der Waals surface area contributed by atoms with Gasteiger partial charge in [0.05, 0.1) is 18.8 Å². The van der Waals surface area contributed by atoms with Crippen LogP contribution in [-0.2, 0) is 60.8 Å². The van der Waals surface area contributed by atoms with Crippen molar-refractivity contribution in [1.29, 1.82) is 0 Å². The number of likely N-dealkylation sites (tertiary alicyclic amines) is 1. The van der Waals surface area contributed by atoms with Crippen LogP contribution in [-0.4, -0.2) is 140 Å². The smallest absolute Gasteiger partial charge is 0.322 e. The second-order valence-electron chi connectivity index (χ2n) is 15.6. The Balaban J connectivity index is 1.73. The number of hydrogen-bond acceptors (Lipinski definition) is 12. The lowest BCUT2D eigenvalue weighted by Crippen LogP contribution is -2.60. The zero-order chi connectivity index (χ0) is 46.8. The molecule has 1 aromatic heterocycles. The predicted octanol–water partition coefficient (Wildman–Crippen LogP) is -3.06. The number of carboxylic acids is 2. The molecule has 0 unspecified atom stereocenters. The summed E-state index contributed by atoms with van der Waals surface area (Å²) < 4.78 is 0. The van der Waals surface area contributed by atoms with Gasteiger partial charge in [-0.25, -0.2) is 4.98 Å². The molecule has 0 radical (unpaired) electrons. The van der Waals surface area contributed by atoms with E-state index in [1.54, 1.807) is 44.2 Å². The van der Waals surface area contributed by atoms with Crippen molar-refractivity contribution in [3.05, 3.63) is 54.1 Å². The second-order valence-corrected chi connectivity index (χ2v) is 15.6. The van der Waals surface area contributed by atoms with E-state index in [4.69, 9.17) is 16.6 Å². The zero-order valence-electron chi connectivity index (χ0n) is 35.3. The van der Waals surface area contributed by atoms with Gasteiger partial charge in [-0.1, -0.05) is 44.2 Å². The van der Waals surface area contributed by atoms with Gasteiger partial charge in [-0.2, -0.15) is 0 Å². The van der Waals surface area contributed by atoms with Gasteiger partial charge in [0.2, 0.25) is 47.3 Å². The fraction of sp³-hybridized carbons (Fsp3) is 0.525. The number of benzene rings is 1. The Labute approximate surface area is 362 Å². The molecule has 1 fully saturated rings. The molecule has 2 aromatic rings. The van der Waals surface area contributed by atoms with Gasteiger partial charge in [-0.15, -0.1) is 0 Å². The standard InChI is InChI=1S/C40H57N11O12/c1-21(2)14-27(49-37(60)26(11-12-31(42)52)47-35(58)25(41)16-24-18-43-20-45-24)38(61)50-29(17-32(53)54)40(63)51-13-7-10-30(51)39(62)46-22(3)34(57)48-28(36(59)44-19-33(55)56)15-23-8-5-4-6-9-23/h4-6,8-9,18,20-22,25-30H,7,10-17,19,41H2,1-3H3,(H2,42,52)(H,43,45)(H,44,59)(H,46,62)(H,47,58)(H,48,57)(H,49,60)(H,50,61)(H,53,54)(H,55,56)/t22-,25-,26-,27-,28-,29-,30-/m0/s1. The van der Waals surface area contributed by atoms with Gasteiger partial charge < -0.3 is 63.5 Å². The number of carboxylic acid groups (broad SMARTS) is 2. The molecule has 2 heterocycles. The molecule has 0 spiro atoms. The molecule has 23 heteroatoms. The molecule has 3 rings (SSSR count). The Morgan fingerprint density at radius 1 is 0.794 bits per heavy atom. The number of aromatic amines is 1. The third-order valence-electron chi connectivity index (χ3n) is 9.90. The van der Waals surface area contributed by atoms with E-state index >= 15 is 0 Å². The van der Waals surface area contributed by atoms with E-state index in [0.717, 1.165) is 4.90 Å². The number of nitrogens with one attached hydrogen (secondary N) is 7. The number of rotatable bonds is 25. The summed E-state index contributed by atoms with van der Waals surface area (Å²) in [4.78, 5) is 137. The minimum Gasteiger partial charge on any atom is -0.481 e.